The van der Waals surface area contributed by atoms with Crippen molar-refractivity contribution in [2.24, 2.45) is 5.41 Å². The molecule has 5 atom stereocenters. The summed E-state index contributed by atoms with van der Waals surface area (Å²) in [4.78, 5) is 23.2. The fraction of sp³-hybridized carbons (Fsp3) is 0.520. The minimum atomic E-state index is 0.0674. The van der Waals surface area contributed by atoms with Gasteiger partial charge in [-0.15, -0.1) is 0 Å². The van der Waals surface area contributed by atoms with Crippen molar-refractivity contribution in [1.29, 1.82) is 0 Å². The summed E-state index contributed by atoms with van der Waals surface area (Å²) < 4.78 is 5.46. The number of carbonyl (C=O) groups excluding carboxylic acids is 1. The maximum Gasteiger partial charge on any atom is 0.259 e. The molecule has 0 spiro atoms. The Bertz CT molecular complexity index is 933. The van der Waals surface area contributed by atoms with Crippen LogP contribution in [0.5, 0.6) is 5.88 Å². The van der Waals surface area contributed by atoms with E-state index >= 15 is 0 Å². The summed E-state index contributed by atoms with van der Waals surface area (Å²) in [5.41, 5.74) is 2.01. The minimum Gasteiger partial charge on any atom is -0.480 e. The molecule has 0 radical (unpaired) electrons. The Morgan fingerprint density at radius 2 is 1.93 bits per heavy atom. The lowest BCUT2D eigenvalue weighted by atomic mass is 9.64. The van der Waals surface area contributed by atoms with Crippen LogP contribution in [0.4, 0.5) is 0 Å². The summed E-state index contributed by atoms with van der Waals surface area (Å²) in [6.45, 7) is 2.41. The monoisotopic (exact) mass is 405 g/mol. The van der Waals surface area contributed by atoms with E-state index < -0.39 is 0 Å². The van der Waals surface area contributed by atoms with Crippen LogP contribution in [0.15, 0.2) is 48.7 Å². The van der Waals surface area contributed by atoms with Gasteiger partial charge < -0.3 is 9.64 Å². The number of aromatic nitrogens is 1. The average molecular weight is 406 g/mol. The first-order chi connectivity index (χ1) is 14.5. The zero-order valence-corrected chi connectivity index (χ0v) is 18.1. The molecule has 3 aliphatic rings. The Kier molecular flexibility index (Phi) is 4.81. The Labute approximate surface area is 179 Å². The molecule has 5 rings (SSSR count). The lowest BCUT2D eigenvalue weighted by molar-refractivity contribution is -0.0113. The van der Waals surface area contributed by atoms with E-state index in [2.05, 4.69) is 59.1 Å². The maximum absolute atomic E-state index is 14.0. The fourth-order valence-corrected chi connectivity index (χ4v) is 6.67. The van der Waals surface area contributed by atoms with Crippen molar-refractivity contribution < 1.29 is 9.53 Å². The van der Waals surface area contributed by atoms with E-state index in [-0.39, 0.29) is 23.4 Å². The molecule has 1 saturated carbocycles. The lowest BCUT2D eigenvalue weighted by Gasteiger charge is -2.53. The third-order valence-corrected chi connectivity index (χ3v) is 8.00. The second-order valence-corrected chi connectivity index (χ2v) is 9.43. The summed E-state index contributed by atoms with van der Waals surface area (Å²) in [5.74, 6) is 0.488. The average Bonchev–Trinajstić information content (AvgIpc) is 3.04. The first-order valence-electron chi connectivity index (χ1n) is 11.1. The first-order valence-corrected chi connectivity index (χ1v) is 11.1. The van der Waals surface area contributed by atoms with Crippen LogP contribution in [0.2, 0.25) is 0 Å². The molecule has 3 fully saturated rings. The van der Waals surface area contributed by atoms with E-state index in [1.807, 2.05) is 12.1 Å². The number of likely N-dealkylation sites (N-methyl/N-ethyl adjacent to an activating group) is 1. The first kappa shape index (κ1) is 19.6. The summed E-state index contributed by atoms with van der Waals surface area (Å²) in [6.07, 6.45) is 7.22. The number of likely N-dealkylation sites (tertiary alicyclic amines) is 2. The number of methoxy groups -OCH3 is 1. The highest BCUT2D eigenvalue weighted by Gasteiger charge is 2.62. The van der Waals surface area contributed by atoms with Gasteiger partial charge in [0.05, 0.1) is 13.2 Å². The van der Waals surface area contributed by atoms with Gasteiger partial charge in [0.2, 0.25) is 5.88 Å². The topological polar surface area (TPSA) is 45.7 Å². The van der Waals surface area contributed by atoms with Crippen molar-refractivity contribution in [3.8, 4) is 5.88 Å². The lowest BCUT2D eigenvalue weighted by Crippen LogP contribution is -2.62. The number of fused-ring (bicyclic) bond motifs is 1. The van der Waals surface area contributed by atoms with Crippen LogP contribution in [-0.4, -0.2) is 59.0 Å². The van der Waals surface area contributed by atoms with Crippen LogP contribution < -0.4 is 4.74 Å². The van der Waals surface area contributed by atoms with Crippen LogP contribution in [0.3, 0.4) is 0 Å². The summed E-state index contributed by atoms with van der Waals surface area (Å²) >= 11 is 0. The molecule has 0 unspecified atom stereocenters. The Balaban J connectivity index is 1.60. The predicted molar refractivity (Wildman–Crippen MR) is 117 cm³/mol. The molecule has 5 nitrogen and oxygen atoms in total. The third kappa shape index (κ3) is 2.86. The third-order valence-electron chi connectivity index (χ3n) is 8.00. The van der Waals surface area contributed by atoms with Crippen LogP contribution in [0.25, 0.3) is 0 Å². The van der Waals surface area contributed by atoms with E-state index in [0.717, 1.165) is 12.8 Å². The molecule has 1 aliphatic carbocycles. The molecule has 3 heterocycles. The minimum absolute atomic E-state index is 0.0674. The zero-order chi connectivity index (χ0) is 20.9. The zero-order valence-electron chi connectivity index (χ0n) is 18.1. The second-order valence-electron chi connectivity index (χ2n) is 9.43. The molecular formula is C25H31N3O2. The van der Waals surface area contributed by atoms with E-state index in [0.29, 0.717) is 23.5 Å². The standard InChI is InChI=1S/C25H31N3O2/c1-25-16-20-19(15-17-9-5-4-6-10-17)28(22(25)13-7-12-21(25)27(20)2)24(29)18-11-8-14-26-23(18)30-3/h4-6,8-11,14,19-22H,7,12-13,15-16H2,1-3H3/t19-,20-,21-,22+,25-/m0/s1. The molecule has 2 saturated heterocycles. The molecule has 2 bridgehead atoms. The predicted octanol–water partition coefficient (Wildman–Crippen LogP) is 3.79. The van der Waals surface area contributed by atoms with Crippen LogP contribution in [0, 0.1) is 5.41 Å². The molecule has 158 valence electrons. The summed E-state index contributed by atoms with van der Waals surface area (Å²) in [6, 6.07) is 15.6. The van der Waals surface area contributed by atoms with Crippen molar-refractivity contribution >= 4 is 5.91 Å². The number of ether oxygens (including phenoxy) is 1. The smallest absolute Gasteiger partial charge is 0.259 e. The van der Waals surface area contributed by atoms with Gasteiger partial charge in [0.25, 0.3) is 5.91 Å². The molecule has 30 heavy (non-hydrogen) atoms. The fourth-order valence-electron chi connectivity index (χ4n) is 6.67. The van der Waals surface area contributed by atoms with Gasteiger partial charge in [-0.1, -0.05) is 37.3 Å². The van der Waals surface area contributed by atoms with Crippen LogP contribution in [0.1, 0.15) is 48.5 Å². The molecule has 0 N–H and O–H groups in total. The van der Waals surface area contributed by atoms with Crippen molar-refractivity contribution in [3.05, 3.63) is 59.8 Å². The van der Waals surface area contributed by atoms with E-state index in [1.54, 1.807) is 13.3 Å². The summed E-state index contributed by atoms with van der Waals surface area (Å²) in [7, 11) is 3.87. The molecule has 1 amide bonds. The molecule has 1 aromatic heterocycles. The van der Waals surface area contributed by atoms with Gasteiger partial charge in [0, 0.05) is 29.7 Å². The van der Waals surface area contributed by atoms with Crippen molar-refractivity contribution in [3.63, 3.8) is 0 Å². The quantitative estimate of drug-likeness (QED) is 0.776. The number of carbonyl (C=O) groups is 1. The van der Waals surface area contributed by atoms with Gasteiger partial charge in [-0.05, 0) is 56.8 Å². The molecule has 2 aromatic rings. The summed E-state index contributed by atoms with van der Waals surface area (Å²) in [5, 5.41) is 0. The molecule has 1 aromatic carbocycles. The maximum atomic E-state index is 14.0. The number of piperidine rings is 1. The molecular weight excluding hydrogens is 374 g/mol. The number of nitrogens with zero attached hydrogens (tertiary/aromatic N) is 3. The normalized spacial score (nSPS) is 32.8. The highest BCUT2D eigenvalue weighted by Crippen LogP contribution is 2.56. The molecule has 5 heteroatoms. The highest BCUT2D eigenvalue weighted by atomic mass is 16.5. The Morgan fingerprint density at radius 1 is 1.17 bits per heavy atom. The SMILES string of the molecule is COc1ncccc1C(=O)N1[C@@H](Cc2ccccc2)[C@@H]2C[C@@]3(C)[C@H](CCC[C@@H]13)N2C. The van der Waals surface area contributed by atoms with Gasteiger partial charge in [-0.3, -0.25) is 9.69 Å². The van der Waals surface area contributed by atoms with Gasteiger partial charge in [-0.2, -0.15) is 0 Å². The van der Waals surface area contributed by atoms with Crippen LogP contribution in [-0.2, 0) is 6.42 Å². The van der Waals surface area contributed by atoms with Gasteiger partial charge in [0.1, 0.15) is 5.56 Å². The Morgan fingerprint density at radius 3 is 2.70 bits per heavy atom. The van der Waals surface area contributed by atoms with Gasteiger partial charge in [0.15, 0.2) is 0 Å². The van der Waals surface area contributed by atoms with Gasteiger partial charge >= 0.3 is 0 Å². The number of hydrogen-bond donors (Lipinski definition) is 0. The highest BCUT2D eigenvalue weighted by molar-refractivity contribution is 5.97. The second kappa shape index (κ2) is 7.38. The largest absolute Gasteiger partial charge is 0.480 e. The van der Waals surface area contributed by atoms with Crippen molar-refractivity contribution in [2.45, 2.75) is 63.2 Å². The van der Waals surface area contributed by atoms with E-state index in [9.17, 15) is 4.79 Å². The van der Waals surface area contributed by atoms with E-state index in [4.69, 9.17) is 4.74 Å². The van der Waals surface area contributed by atoms with Crippen LogP contribution >= 0.6 is 0 Å². The number of rotatable bonds is 4. The van der Waals surface area contributed by atoms with Crippen molar-refractivity contribution in [1.82, 2.24) is 14.8 Å². The number of amides is 1. The molecule has 2 aliphatic heterocycles. The van der Waals surface area contributed by atoms with Gasteiger partial charge in [-0.25, -0.2) is 4.98 Å². The number of benzene rings is 1. The Hall–Kier alpha value is -2.40. The number of pyridine rings is 1. The number of hydrogen-bond acceptors (Lipinski definition) is 4. The van der Waals surface area contributed by atoms with Crippen molar-refractivity contribution in [2.75, 3.05) is 14.2 Å². The van der Waals surface area contributed by atoms with E-state index in [1.165, 1.54) is 24.8 Å².